The molecule has 0 radical (unpaired) electrons. The molecule has 0 aromatic carbocycles. The zero-order chi connectivity index (χ0) is 9.90. The Labute approximate surface area is 74.6 Å². The zero-order valence-electron chi connectivity index (χ0n) is 7.27. The third-order valence-electron chi connectivity index (χ3n) is 2.00. The van der Waals surface area contributed by atoms with E-state index in [1.165, 1.54) is 7.11 Å². The molecule has 1 heterocycles. The molecule has 1 aliphatic rings. The van der Waals surface area contributed by atoms with Gasteiger partial charge in [0.2, 0.25) is 0 Å². The quantitative estimate of drug-likeness (QED) is 0.604. The van der Waals surface area contributed by atoms with E-state index in [1.807, 2.05) is 5.48 Å². The highest BCUT2D eigenvalue weighted by atomic mass is 19.3. The molecule has 4 nitrogen and oxygen atoms in total. The maximum atomic E-state index is 13.1. The van der Waals surface area contributed by atoms with Crippen LogP contribution in [0.2, 0.25) is 0 Å². The molecule has 1 fully saturated rings. The lowest BCUT2D eigenvalue weighted by Crippen LogP contribution is -2.51. The number of alkyl halides is 2. The molecule has 0 bridgehead atoms. The van der Waals surface area contributed by atoms with Gasteiger partial charge in [-0.05, 0) is 13.0 Å². The maximum absolute atomic E-state index is 13.1. The minimum atomic E-state index is -2.99. The van der Waals surface area contributed by atoms with E-state index in [-0.39, 0.29) is 6.42 Å². The molecule has 1 atom stereocenters. The number of amides is 1. The molecule has 1 saturated heterocycles. The van der Waals surface area contributed by atoms with E-state index in [2.05, 4.69) is 10.2 Å². The van der Waals surface area contributed by atoms with Crippen LogP contribution in [0.4, 0.5) is 8.78 Å². The Morgan fingerprint density at radius 1 is 1.69 bits per heavy atom. The summed E-state index contributed by atoms with van der Waals surface area (Å²) in [5.74, 6) is -5.02. The van der Waals surface area contributed by atoms with Crippen molar-refractivity contribution in [1.82, 2.24) is 10.8 Å². The van der Waals surface area contributed by atoms with E-state index in [0.717, 1.165) is 0 Å². The van der Waals surface area contributed by atoms with Crippen molar-refractivity contribution in [3.05, 3.63) is 0 Å². The zero-order valence-corrected chi connectivity index (χ0v) is 7.27. The largest absolute Gasteiger partial charge is 0.311 e. The van der Waals surface area contributed by atoms with Gasteiger partial charge in [-0.2, -0.15) is 0 Å². The topological polar surface area (TPSA) is 50.4 Å². The van der Waals surface area contributed by atoms with Gasteiger partial charge in [-0.25, -0.2) is 14.3 Å². The van der Waals surface area contributed by atoms with E-state index in [4.69, 9.17) is 0 Å². The number of carbonyl (C=O) groups is 1. The fraction of sp³-hybridized carbons (Fsp3) is 0.857. The summed E-state index contributed by atoms with van der Waals surface area (Å²) in [6.07, 6.45) is 0.127. The summed E-state index contributed by atoms with van der Waals surface area (Å²) in [5, 5.41) is 2.53. The van der Waals surface area contributed by atoms with Gasteiger partial charge in [0.15, 0.2) is 0 Å². The maximum Gasteiger partial charge on any atom is 0.271 e. The minimum Gasteiger partial charge on any atom is -0.311 e. The average Bonchev–Trinajstić information content (AvgIpc) is 2.03. The summed E-state index contributed by atoms with van der Waals surface area (Å²) in [6, 6.07) is 0. The number of carbonyl (C=O) groups excluding carboxylic acids is 1. The van der Waals surface area contributed by atoms with Crippen molar-refractivity contribution in [3.8, 4) is 0 Å². The van der Waals surface area contributed by atoms with Crippen LogP contribution in [0.3, 0.4) is 0 Å². The van der Waals surface area contributed by atoms with Crippen molar-refractivity contribution < 1.29 is 18.4 Å². The van der Waals surface area contributed by atoms with Crippen LogP contribution >= 0.6 is 0 Å². The third-order valence-corrected chi connectivity index (χ3v) is 2.00. The smallest absolute Gasteiger partial charge is 0.271 e. The first kappa shape index (κ1) is 10.3. The molecule has 0 aliphatic carbocycles. The van der Waals surface area contributed by atoms with Crippen molar-refractivity contribution in [1.29, 1.82) is 0 Å². The lowest BCUT2D eigenvalue weighted by molar-refractivity contribution is -0.153. The van der Waals surface area contributed by atoms with Crippen LogP contribution in [-0.4, -0.2) is 32.0 Å². The van der Waals surface area contributed by atoms with Crippen molar-refractivity contribution in [2.24, 2.45) is 5.92 Å². The van der Waals surface area contributed by atoms with Gasteiger partial charge in [-0.1, -0.05) is 0 Å². The van der Waals surface area contributed by atoms with Gasteiger partial charge >= 0.3 is 0 Å². The first-order valence-corrected chi connectivity index (χ1v) is 3.99. The van der Waals surface area contributed by atoms with Crippen molar-refractivity contribution in [3.63, 3.8) is 0 Å². The lowest BCUT2D eigenvalue weighted by atomic mass is 9.93. The molecule has 13 heavy (non-hydrogen) atoms. The minimum absolute atomic E-state index is 0.127. The number of hydrogen-bond donors (Lipinski definition) is 2. The van der Waals surface area contributed by atoms with Crippen LogP contribution in [-0.2, 0) is 9.63 Å². The second kappa shape index (κ2) is 3.97. The molecular weight excluding hydrogens is 182 g/mol. The van der Waals surface area contributed by atoms with E-state index in [9.17, 15) is 13.6 Å². The molecular formula is C7H12F2N2O2. The standard InChI is InChI=1S/C7H12F2N2O2/c1-13-11-6(12)5-2-3-10-4-7(5,8)9/h5,10H,2-4H2,1H3,(H,11,12). The van der Waals surface area contributed by atoms with Crippen LogP contribution in [0.1, 0.15) is 6.42 Å². The van der Waals surface area contributed by atoms with Crippen molar-refractivity contribution >= 4 is 5.91 Å². The normalized spacial score (nSPS) is 26.8. The van der Waals surface area contributed by atoms with E-state index >= 15 is 0 Å². The fourth-order valence-corrected chi connectivity index (χ4v) is 1.33. The highest BCUT2D eigenvalue weighted by Gasteiger charge is 2.45. The molecule has 0 saturated carbocycles. The Kier molecular flexibility index (Phi) is 3.16. The van der Waals surface area contributed by atoms with Gasteiger partial charge in [0, 0.05) is 0 Å². The predicted octanol–water partition coefficient (Wildman–Crippen LogP) is -0.0912. The number of rotatable bonds is 2. The lowest BCUT2D eigenvalue weighted by Gasteiger charge is -2.30. The van der Waals surface area contributed by atoms with E-state index in [0.29, 0.717) is 6.54 Å². The summed E-state index contributed by atoms with van der Waals surface area (Å²) in [4.78, 5) is 15.4. The second-order valence-corrected chi connectivity index (χ2v) is 2.95. The molecule has 1 unspecified atom stereocenters. The van der Waals surface area contributed by atoms with Crippen LogP contribution < -0.4 is 10.8 Å². The monoisotopic (exact) mass is 194 g/mol. The predicted molar refractivity (Wildman–Crippen MR) is 41.1 cm³/mol. The number of nitrogens with one attached hydrogen (secondary N) is 2. The van der Waals surface area contributed by atoms with Crippen LogP contribution in [0.5, 0.6) is 0 Å². The third kappa shape index (κ3) is 2.35. The highest BCUT2D eigenvalue weighted by molar-refractivity contribution is 5.78. The number of hydrogen-bond acceptors (Lipinski definition) is 3. The fourth-order valence-electron chi connectivity index (χ4n) is 1.33. The SMILES string of the molecule is CONC(=O)C1CCNCC1(F)F. The number of piperidine rings is 1. The highest BCUT2D eigenvalue weighted by Crippen LogP contribution is 2.29. The summed E-state index contributed by atoms with van der Waals surface area (Å²) in [6.45, 7) is -0.0216. The molecule has 0 aromatic rings. The Bertz CT molecular complexity index is 199. The molecule has 0 spiro atoms. The van der Waals surface area contributed by atoms with Gasteiger partial charge in [0.05, 0.1) is 13.7 Å². The Morgan fingerprint density at radius 2 is 2.38 bits per heavy atom. The van der Waals surface area contributed by atoms with Crippen molar-refractivity contribution in [2.45, 2.75) is 12.3 Å². The van der Waals surface area contributed by atoms with Gasteiger partial charge in [0.1, 0.15) is 5.92 Å². The first-order valence-electron chi connectivity index (χ1n) is 3.99. The molecule has 1 amide bonds. The molecule has 6 heteroatoms. The van der Waals surface area contributed by atoms with E-state index < -0.39 is 24.3 Å². The molecule has 0 aromatic heterocycles. The Morgan fingerprint density at radius 3 is 2.92 bits per heavy atom. The molecule has 1 rings (SSSR count). The summed E-state index contributed by atoms with van der Waals surface area (Å²) in [5.41, 5.74) is 1.92. The second-order valence-electron chi connectivity index (χ2n) is 2.95. The number of hydroxylamine groups is 1. The molecule has 76 valence electrons. The first-order chi connectivity index (χ1) is 6.08. The van der Waals surface area contributed by atoms with E-state index in [1.54, 1.807) is 0 Å². The Balaban J connectivity index is 2.59. The summed E-state index contributed by atoms with van der Waals surface area (Å²) in [7, 11) is 1.22. The number of halogens is 2. The van der Waals surface area contributed by atoms with Crippen molar-refractivity contribution in [2.75, 3.05) is 20.2 Å². The van der Waals surface area contributed by atoms with Gasteiger partial charge in [-0.15, -0.1) is 0 Å². The average molecular weight is 194 g/mol. The van der Waals surface area contributed by atoms with Crippen LogP contribution in [0.15, 0.2) is 0 Å². The van der Waals surface area contributed by atoms with Gasteiger partial charge in [-0.3, -0.25) is 9.63 Å². The molecule has 2 N–H and O–H groups in total. The van der Waals surface area contributed by atoms with Crippen LogP contribution in [0.25, 0.3) is 0 Å². The summed E-state index contributed by atoms with van der Waals surface area (Å²) >= 11 is 0. The van der Waals surface area contributed by atoms with Crippen LogP contribution in [0, 0.1) is 5.92 Å². The summed E-state index contributed by atoms with van der Waals surface area (Å²) < 4.78 is 26.1. The Hall–Kier alpha value is -0.750. The molecule has 1 aliphatic heterocycles. The van der Waals surface area contributed by atoms with Gasteiger partial charge in [0.25, 0.3) is 11.8 Å². The van der Waals surface area contributed by atoms with Gasteiger partial charge < -0.3 is 5.32 Å².